The van der Waals surface area contributed by atoms with Crippen molar-refractivity contribution in [1.82, 2.24) is 9.91 Å². The zero-order valence-corrected chi connectivity index (χ0v) is 13.6. The van der Waals surface area contributed by atoms with Gasteiger partial charge in [0.25, 0.3) is 5.91 Å². The number of carbonyl (C=O) groups excluding carboxylic acids is 2. The fourth-order valence-electron chi connectivity index (χ4n) is 2.83. The first-order valence-electron chi connectivity index (χ1n) is 8.06. The minimum atomic E-state index is -0.329. The molecule has 24 heavy (non-hydrogen) atoms. The highest BCUT2D eigenvalue weighted by molar-refractivity contribution is 6.39. The lowest BCUT2D eigenvalue weighted by atomic mass is 10.1. The lowest BCUT2D eigenvalue weighted by Crippen LogP contribution is -2.48. The average molecular weight is 333 g/mol. The Balaban J connectivity index is 1.72. The Morgan fingerprint density at radius 2 is 2.08 bits per heavy atom. The van der Waals surface area contributed by atoms with Crippen molar-refractivity contribution in [2.45, 2.75) is 32.4 Å². The maximum atomic E-state index is 13.0. The maximum Gasteiger partial charge on any atom is 0.270 e. The minimum absolute atomic E-state index is 0.00356. The standard InChI is InChI=1S/C17H20FN3O3/c1-12-10-20(8-9-24-12)17(23)15-6-7-16(22)21(19-15)11-13-2-4-14(18)5-3-13/h2-5,12H,6-11H2,1H3. The Bertz CT molecular complexity index is 660. The molecular weight excluding hydrogens is 313 g/mol. The number of hydrogen-bond donors (Lipinski definition) is 0. The van der Waals surface area contributed by atoms with E-state index in [0.717, 1.165) is 5.56 Å². The highest BCUT2D eigenvalue weighted by atomic mass is 19.1. The van der Waals surface area contributed by atoms with Crippen molar-refractivity contribution >= 4 is 17.5 Å². The molecule has 0 saturated carbocycles. The van der Waals surface area contributed by atoms with Gasteiger partial charge >= 0.3 is 0 Å². The maximum absolute atomic E-state index is 13.0. The molecule has 3 rings (SSSR count). The summed E-state index contributed by atoms with van der Waals surface area (Å²) in [6, 6.07) is 5.90. The van der Waals surface area contributed by atoms with E-state index in [-0.39, 0.29) is 36.7 Å². The highest BCUT2D eigenvalue weighted by Crippen LogP contribution is 2.16. The number of nitrogens with zero attached hydrogens (tertiary/aromatic N) is 3. The second kappa shape index (κ2) is 7.09. The van der Waals surface area contributed by atoms with Crippen LogP contribution in [-0.2, 0) is 20.9 Å². The molecule has 2 aliphatic rings. The molecule has 1 fully saturated rings. The van der Waals surface area contributed by atoms with Gasteiger partial charge in [-0.05, 0) is 24.6 Å². The van der Waals surface area contributed by atoms with Gasteiger partial charge in [-0.2, -0.15) is 5.10 Å². The summed E-state index contributed by atoms with van der Waals surface area (Å²) in [5.41, 5.74) is 1.16. The third-order valence-corrected chi connectivity index (χ3v) is 4.13. The molecule has 6 nitrogen and oxygen atoms in total. The first-order valence-corrected chi connectivity index (χ1v) is 8.06. The molecule has 0 aromatic heterocycles. The highest BCUT2D eigenvalue weighted by Gasteiger charge is 2.29. The summed E-state index contributed by atoms with van der Waals surface area (Å²) < 4.78 is 18.4. The van der Waals surface area contributed by atoms with Crippen LogP contribution in [-0.4, -0.2) is 53.2 Å². The van der Waals surface area contributed by atoms with Crippen LogP contribution in [0.5, 0.6) is 0 Å². The van der Waals surface area contributed by atoms with E-state index in [1.807, 2.05) is 6.92 Å². The van der Waals surface area contributed by atoms with Gasteiger partial charge in [-0.15, -0.1) is 0 Å². The van der Waals surface area contributed by atoms with Crippen molar-refractivity contribution in [3.8, 4) is 0 Å². The molecule has 0 aliphatic carbocycles. The first-order chi connectivity index (χ1) is 11.5. The van der Waals surface area contributed by atoms with Gasteiger partial charge in [0.2, 0.25) is 5.91 Å². The molecule has 2 amide bonds. The molecule has 1 aromatic carbocycles. The Kier molecular flexibility index (Phi) is 4.89. The molecular formula is C17H20FN3O3. The van der Waals surface area contributed by atoms with E-state index in [4.69, 9.17) is 4.74 Å². The van der Waals surface area contributed by atoms with E-state index in [9.17, 15) is 14.0 Å². The Morgan fingerprint density at radius 1 is 1.33 bits per heavy atom. The lowest BCUT2D eigenvalue weighted by Gasteiger charge is -2.32. The number of carbonyl (C=O) groups is 2. The van der Waals surface area contributed by atoms with E-state index < -0.39 is 0 Å². The van der Waals surface area contributed by atoms with Gasteiger partial charge in [-0.25, -0.2) is 9.40 Å². The zero-order valence-electron chi connectivity index (χ0n) is 13.6. The van der Waals surface area contributed by atoms with Crippen molar-refractivity contribution in [2.24, 2.45) is 5.10 Å². The van der Waals surface area contributed by atoms with Gasteiger partial charge in [-0.1, -0.05) is 12.1 Å². The van der Waals surface area contributed by atoms with Crippen LogP contribution < -0.4 is 0 Å². The van der Waals surface area contributed by atoms with E-state index in [1.54, 1.807) is 17.0 Å². The van der Waals surface area contributed by atoms with Gasteiger partial charge in [-0.3, -0.25) is 9.59 Å². The lowest BCUT2D eigenvalue weighted by molar-refractivity contribution is -0.133. The molecule has 0 bridgehead atoms. The predicted octanol–water partition coefficient (Wildman–Crippen LogP) is 1.55. The van der Waals surface area contributed by atoms with E-state index in [0.29, 0.717) is 31.8 Å². The van der Waals surface area contributed by atoms with E-state index in [2.05, 4.69) is 5.10 Å². The first kappa shape index (κ1) is 16.6. The Labute approximate surface area is 139 Å². The summed E-state index contributed by atoms with van der Waals surface area (Å²) in [5, 5.41) is 5.55. The van der Waals surface area contributed by atoms with Crippen molar-refractivity contribution in [2.75, 3.05) is 19.7 Å². The summed E-state index contributed by atoms with van der Waals surface area (Å²) in [7, 11) is 0. The average Bonchev–Trinajstić information content (AvgIpc) is 2.58. The summed E-state index contributed by atoms with van der Waals surface area (Å²) in [6.45, 7) is 3.73. The molecule has 7 heteroatoms. The van der Waals surface area contributed by atoms with Gasteiger partial charge in [0.05, 0.1) is 19.3 Å². The van der Waals surface area contributed by atoms with Gasteiger partial charge in [0, 0.05) is 25.9 Å². The van der Waals surface area contributed by atoms with Crippen molar-refractivity contribution in [1.29, 1.82) is 0 Å². The Hall–Kier alpha value is -2.28. The van der Waals surface area contributed by atoms with Crippen LogP contribution >= 0.6 is 0 Å². The summed E-state index contributed by atoms with van der Waals surface area (Å²) in [6.07, 6.45) is 0.610. The van der Waals surface area contributed by atoms with Crippen LogP contribution in [0.4, 0.5) is 4.39 Å². The SMILES string of the molecule is CC1CN(C(=O)C2=NN(Cc3ccc(F)cc3)C(=O)CC2)CCO1. The summed E-state index contributed by atoms with van der Waals surface area (Å²) >= 11 is 0. The summed E-state index contributed by atoms with van der Waals surface area (Å²) in [5.74, 6) is -0.600. The third kappa shape index (κ3) is 3.79. The molecule has 0 N–H and O–H groups in total. The number of ether oxygens (including phenoxy) is 1. The van der Waals surface area contributed by atoms with Crippen LogP contribution in [0.1, 0.15) is 25.3 Å². The van der Waals surface area contributed by atoms with Crippen LogP contribution in [0.2, 0.25) is 0 Å². The number of amides is 2. The number of rotatable bonds is 3. The van der Waals surface area contributed by atoms with Crippen LogP contribution in [0, 0.1) is 5.82 Å². The number of hydrazone groups is 1. The van der Waals surface area contributed by atoms with Crippen LogP contribution in [0.25, 0.3) is 0 Å². The van der Waals surface area contributed by atoms with Crippen molar-refractivity contribution in [3.05, 3.63) is 35.6 Å². The van der Waals surface area contributed by atoms with Gasteiger partial charge in [0.15, 0.2) is 0 Å². The molecule has 2 aliphatic heterocycles. The Morgan fingerprint density at radius 3 is 2.79 bits per heavy atom. The predicted molar refractivity (Wildman–Crippen MR) is 85.6 cm³/mol. The number of benzene rings is 1. The fourth-order valence-corrected chi connectivity index (χ4v) is 2.83. The van der Waals surface area contributed by atoms with E-state index >= 15 is 0 Å². The van der Waals surface area contributed by atoms with Gasteiger partial charge < -0.3 is 9.64 Å². The van der Waals surface area contributed by atoms with Crippen molar-refractivity contribution in [3.63, 3.8) is 0 Å². The third-order valence-electron chi connectivity index (χ3n) is 4.13. The van der Waals surface area contributed by atoms with Crippen molar-refractivity contribution < 1.29 is 18.7 Å². The zero-order chi connectivity index (χ0) is 17.1. The monoisotopic (exact) mass is 333 g/mol. The molecule has 1 unspecified atom stereocenters. The number of hydrogen-bond acceptors (Lipinski definition) is 4. The van der Waals surface area contributed by atoms with Crippen LogP contribution in [0.15, 0.2) is 29.4 Å². The molecule has 0 spiro atoms. The molecule has 2 heterocycles. The number of morpholine rings is 1. The van der Waals surface area contributed by atoms with E-state index in [1.165, 1.54) is 17.1 Å². The molecule has 1 saturated heterocycles. The largest absolute Gasteiger partial charge is 0.375 e. The molecule has 0 radical (unpaired) electrons. The fraction of sp³-hybridized carbons (Fsp3) is 0.471. The topological polar surface area (TPSA) is 62.2 Å². The normalized spacial score (nSPS) is 21.7. The minimum Gasteiger partial charge on any atom is -0.375 e. The van der Waals surface area contributed by atoms with Crippen LogP contribution in [0.3, 0.4) is 0 Å². The second-order valence-electron chi connectivity index (χ2n) is 6.06. The summed E-state index contributed by atoms with van der Waals surface area (Å²) in [4.78, 5) is 26.4. The quantitative estimate of drug-likeness (QED) is 0.843. The number of halogens is 1. The molecule has 1 atom stereocenters. The van der Waals surface area contributed by atoms with Gasteiger partial charge in [0.1, 0.15) is 11.5 Å². The second-order valence-corrected chi connectivity index (χ2v) is 6.06. The smallest absolute Gasteiger partial charge is 0.270 e. The molecule has 1 aromatic rings. The molecule has 128 valence electrons.